The number of halogens is 7. The summed E-state index contributed by atoms with van der Waals surface area (Å²) in [7, 11) is 0. The molecule has 35 heavy (non-hydrogen) atoms. The van der Waals surface area contributed by atoms with Crippen LogP contribution in [-0.4, -0.2) is 6.61 Å². The lowest BCUT2D eigenvalue weighted by Crippen LogP contribution is -2.10. The van der Waals surface area contributed by atoms with Crippen LogP contribution in [0.4, 0.5) is 30.7 Å². The van der Waals surface area contributed by atoms with Crippen molar-refractivity contribution in [2.75, 3.05) is 6.61 Å². The summed E-state index contributed by atoms with van der Waals surface area (Å²) in [6, 6.07) is 5.50. The molecule has 3 aromatic carbocycles. The molecule has 2 nitrogen and oxygen atoms in total. The Balaban J connectivity index is 1.78. The van der Waals surface area contributed by atoms with E-state index in [1.165, 1.54) is 12.1 Å². The maximum Gasteiger partial charge on any atom is 0.207 e. The van der Waals surface area contributed by atoms with E-state index in [1.54, 1.807) is 13.8 Å². The summed E-state index contributed by atoms with van der Waals surface area (Å²) < 4.78 is 113. The molecule has 4 rings (SSSR count). The van der Waals surface area contributed by atoms with Gasteiger partial charge in [-0.3, -0.25) is 0 Å². The monoisotopic (exact) mass is 496 g/mol. The predicted molar refractivity (Wildman–Crippen MR) is 116 cm³/mol. The van der Waals surface area contributed by atoms with Gasteiger partial charge in [-0.15, -0.1) is 0 Å². The Morgan fingerprint density at radius 1 is 0.771 bits per heavy atom. The lowest BCUT2D eigenvalue weighted by atomic mass is 9.96. The van der Waals surface area contributed by atoms with Crippen LogP contribution in [0, 0.1) is 29.1 Å². The van der Waals surface area contributed by atoms with Crippen molar-refractivity contribution in [3.63, 3.8) is 0 Å². The van der Waals surface area contributed by atoms with Crippen LogP contribution in [-0.2, 0) is 12.8 Å². The Morgan fingerprint density at radius 2 is 1.43 bits per heavy atom. The van der Waals surface area contributed by atoms with Crippen molar-refractivity contribution in [2.24, 2.45) is 0 Å². The normalized spacial score (nSPS) is 13.1. The zero-order valence-electron chi connectivity index (χ0n) is 18.7. The number of fused-ring (bicyclic) bond motifs is 2. The van der Waals surface area contributed by atoms with Crippen LogP contribution in [0.15, 0.2) is 30.3 Å². The molecule has 3 aromatic rings. The molecule has 0 unspecified atom stereocenters. The van der Waals surface area contributed by atoms with E-state index in [-0.39, 0.29) is 47.6 Å². The van der Waals surface area contributed by atoms with Gasteiger partial charge in [-0.1, -0.05) is 25.5 Å². The van der Waals surface area contributed by atoms with Crippen LogP contribution < -0.4 is 9.47 Å². The minimum absolute atomic E-state index is 0.0245. The van der Waals surface area contributed by atoms with E-state index in [0.29, 0.717) is 6.42 Å². The molecule has 0 N–H and O–H groups in total. The molecule has 9 heteroatoms. The van der Waals surface area contributed by atoms with Crippen LogP contribution in [0.2, 0.25) is 0 Å². The largest absolute Gasteiger partial charge is 0.491 e. The van der Waals surface area contributed by atoms with Crippen LogP contribution >= 0.6 is 0 Å². The first-order chi connectivity index (χ1) is 16.7. The molecule has 0 aliphatic carbocycles. The third kappa shape index (κ3) is 4.24. The molecule has 184 valence electrons. The second-order valence-electron chi connectivity index (χ2n) is 7.90. The second-order valence-corrected chi connectivity index (χ2v) is 7.90. The van der Waals surface area contributed by atoms with E-state index in [9.17, 15) is 30.7 Å². The van der Waals surface area contributed by atoms with Crippen molar-refractivity contribution < 1.29 is 40.2 Å². The number of aryl methyl sites for hydroxylation is 1. The second kappa shape index (κ2) is 9.64. The molecule has 0 aromatic heterocycles. The lowest BCUT2D eigenvalue weighted by molar-refractivity contribution is 0.309. The van der Waals surface area contributed by atoms with E-state index in [0.717, 1.165) is 18.2 Å². The van der Waals surface area contributed by atoms with Gasteiger partial charge in [0.2, 0.25) is 11.6 Å². The topological polar surface area (TPSA) is 18.5 Å². The maximum absolute atomic E-state index is 15.0. The van der Waals surface area contributed by atoms with Gasteiger partial charge >= 0.3 is 0 Å². The molecule has 0 atom stereocenters. The predicted octanol–water partition coefficient (Wildman–Crippen LogP) is 8.19. The quantitative estimate of drug-likeness (QED) is 0.198. The van der Waals surface area contributed by atoms with Gasteiger partial charge in [-0.05, 0) is 37.1 Å². The van der Waals surface area contributed by atoms with Crippen LogP contribution in [0.1, 0.15) is 48.1 Å². The molecule has 0 amide bonds. The van der Waals surface area contributed by atoms with Crippen LogP contribution in [0.3, 0.4) is 0 Å². The molecule has 0 saturated carbocycles. The average Bonchev–Trinajstić information content (AvgIpc) is 2.85. The maximum atomic E-state index is 15.0. The first-order valence-electron chi connectivity index (χ1n) is 10.8. The summed E-state index contributed by atoms with van der Waals surface area (Å²) in [6.07, 6.45) is 0.474. The van der Waals surface area contributed by atoms with Gasteiger partial charge in [-0.25, -0.2) is 22.0 Å². The number of ether oxygens (including phenoxy) is 2. The van der Waals surface area contributed by atoms with E-state index in [2.05, 4.69) is 0 Å². The average molecular weight is 496 g/mol. The van der Waals surface area contributed by atoms with Gasteiger partial charge in [0.25, 0.3) is 0 Å². The van der Waals surface area contributed by atoms with Gasteiger partial charge in [-0.2, -0.15) is 8.78 Å². The van der Waals surface area contributed by atoms with E-state index < -0.39 is 57.6 Å². The highest BCUT2D eigenvalue weighted by Gasteiger charge is 2.31. The molecule has 1 heterocycles. The highest BCUT2D eigenvalue weighted by Crippen LogP contribution is 2.45. The number of rotatable bonds is 6. The van der Waals surface area contributed by atoms with Crippen LogP contribution in [0.5, 0.6) is 17.2 Å². The molecule has 1 aliphatic heterocycles. The summed E-state index contributed by atoms with van der Waals surface area (Å²) in [4.78, 5) is 0. The number of hydrogen-bond acceptors (Lipinski definition) is 2. The van der Waals surface area contributed by atoms with Crippen molar-refractivity contribution in [1.29, 1.82) is 0 Å². The fourth-order valence-electron chi connectivity index (χ4n) is 3.92. The summed E-state index contributed by atoms with van der Waals surface area (Å²) in [5.74, 6) is -12.4. The first kappa shape index (κ1) is 24.6. The Labute approximate surface area is 196 Å². The molecule has 0 bridgehead atoms. The molecule has 0 saturated heterocycles. The van der Waals surface area contributed by atoms with Crippen molar-refractivity contribution >= 4 is 11.7 Å². The fraction of sp³-hybridized carbons (Fsp3) is 0.231. The fourth-order valence-corrected chi connectivity index (χ4v) is 3.92. The lowest BCUT2D eigenvalue weighted by Gasteiger charge is -2.23. The van der Waals surface area contributed by atoms with Crippen molar-refractivity contribution in [2.45, 2.75) is 33.1 Å². The first-order valence-corrected chi connectivity index (χ1v) is 10.8. The Morgan fingerprint density at radius 3 is 2.11 bits per heavy atom. The molecule has 1 aliphatic rings. The highest BCUT2D eigenvalue weighted by molar-refractivity contribution is 5.84. The minimum atomic E-state index is -1.92. The van der Waals surface area contributed by atoms with Gasteiger partial charge in [0.15, 0.2) is 46.4 Å². The van der Waals surface area contributed by atoms with Gasteiger partial charge in [0.05, 0.1) is 17.7 Å². The zero-order chi connectivity index (χ0) is 25.4. The van der Waals surface area contributed by atoms with E-state index in [4.69, 9.17) is 9.47 Å². The van der Waals surface area contributed by atoms with Crippen molar-refractivity contribution in [1.82, 2.24) is 0 Å². The van der Waals surface area contributed by atoms with Gasteiger partial charge in [0, 0.05) is 17.5 Å². The standard InChI is InChI=1S/C26H19F7O2/c1-3-5-12-6-8-15(19(28)18(12)27)20(29)21(30)16-11-14-10-13-7-9-17(34-4-2)23(32)25(13)35-26(14)24(33)22(16)31/h6-9,11H,3-5,10H2,1-2H3/b21-20+. The number of benzene rings is 3. The summed E-state index contributed by atoms with van der Waals surface area (Å²) in [5.41, 5.74) is -2.09. The Kier molecular flexibility index (Phi) is 6.78. The minimum Gasteiger partial charge on any atom is -0.491 e. The molecular formula is C26H19F7O2. The smallest absolute Gasteiger partial charge is 0.207 e. The van der Waals surface area contributed by atoms with Crippen molar-refractivity contribution in [3.05, 3.63) is 87.2 Å². The molecule has 0 spiro atoms. The molecular weight excluding hydrogens is 477 g/mol. The van der Waals surface area contributed by atoms with Gasteiger partial charge in [0.1, 0.15) is 0 Å². The molecule has 0 fully saturated rings. The Bertz CT molecular complexity index is 1350. The summed E-state index contributed by atoms with van der Waals surface area (Å²) in [5, 5.41) is 0. The highest BCUT2D eigenvalue weighted by atomic mass is 19.2. The molecule has 0 radical (unpaired) electrons. The van der Waals surface area contributed by atoms with E-state index in [1.807, 2.05) is 0 Å². The number of hydrogen-bond donors (Lipinski definition) is 0. The van der Waals surface area contributed by atoms with Gasteiger partial charge < -0.3 is 9.47 Å². The zero-order valence-corrected chi connectivity index (χ0v) is 18.7. The van der Waals surface area contributed by atoms with Crippen LogP contribution in [0.25, 0.3) is 11.7 Å². The van der Waals surface area contributed by atoms with E-state index >= 15 is 0 Å². The summed E-state index contributed by atoms with van der Waals surface area (Å²) in [6.45, 7) is 3.52. The van der Waals surface area contributed by atoms with Crippen molar-refractivity contribution in [3.8, 4) is 17.2 Å². The SMILES string of the molecule is CCCc1ccc(/C(F)=C(\F)c2cc3c(c(F)c2F)Oc2c(ccc(OCC)c2F)C3)c(F)c1F. The summed E-state index contributed by atoms with van der Waals surface area (Å²) >= 11 is 0. The third-order valence-corrected chi connectivity index (χ3v) is 5.61. The third-order valence-electron chi connectivity index (χ3n) is 5.61. The Hall–Kier alpha value is -3.49.